The molecule has 0 aliphatic heterocycles. The van der Waals surface area contributed by atoms with Crippen molar-refractivity contribution in [2.24, 2.45) is 0 Å². The summed E-state index contributed by atoms with van der Waals surface area (Å²) in [4.78, 5) is 9.91. The molecule has 0 fully saturated rings. The Kier molecular flexibility index (Phi) is 3.52. The number of carbonyl (C=O) groups is 1. The van der Waals surface area contributed by atoms with Gasteiger partial charge in [0.1, 0.15) is 5.75 Å². The average Bonchev–Trinajstić information content (AvgIpc) is 2.11. The Morgan fingerprint density at radius 2 is 2.23 bits per heavy atom. The number of nitrogens with one attached hydrogen (secondary N) is 1. The number of phenols is 1. The Balaban J connectivity index is 2.86. The van der Waals surface area contributed by atoms with E-state index in [4.69, 9.17) is 0 Å². The first-order valence-electron chi connectivity index (χ1n) is 3.59. The highest BCUT2D eigenvalue weighted by Gasteiger charge is 1.96. The molecule has 13 heavy (non-hydrogen) atoms. The average molecular weight is 242 g/mol. The van der Waals surface area contributed by atoms with Crippen LogP contribution in [0.25, 0.3) is 6.08 Å². The van der Waals surface area contributed by atoms with Gasteiger partial charge >= 0.3 is 0 Å². The maximum atomic E-state index is 9.91. The number of aromatic hydroxyl groups is 1. The lowest BCUT2D eigenvalue weighted by Crippen LogP contribution is -1.97. The second kappa shape index (κ2) is 4.67. The first kappa shape index (κ1) is 9.80. The molecule has 0 saturated carbocycles. The van der Waals surface area contributed by atoms with E-state index in [1.165, 1.54) is 6.20 Å². The molecule has 1 amide bonds. The van der Waals surface area contributed by atoms with E-state index in [1.807, 2.05) is 0 Å². The SMILES string of the molecule is O=CN/C=C/c1cc(Br)ccc1O. The first-order chi connectivity index (χ1) is 6.24. The van der Waals surface area contributed by atoms with Gasteiger partial charge < -0.3 is 10.4 Å². The Bertz CT molecular complexity index is 336. The number of hydrogen-bond acceptors (Lipinski definition) is 2. The lowest BCUT2D eigenvalue weighted by atomic mass is 10.2. The number of hydrogen-bond donors (Lipinski definition) is 2. The number of benzene rings is 1. The van der Waals surface area contributed by atoms with Crippen molar-refractivity contribution in [1.82, 2.24) is 5.32 Å². The summed E-state index contributed by atoms with van der Waals surface area (Å²) in [5.74, 6) is 0.173. The molecule has 4 heteroatoms. The minimum atomic E-state index is 0.173. The third-order valence-electron chi connectivity index (χ3n) is 1.42. The van der Waals surface area contributed by atoms with E-state index in [0.717, 1.165) is 4.47 Å². The summed E-state index contributed by atoms with van der Waals surface area (Å²) in [7, 11) is 0. The summed E-state index contributed by atoms with van der Waals surface area (Å²) < 4.78 is 0.871. The van der Waals surface area contributed by atoms with Crippen LogP contribution in [-0.2, 0) is 4.79 Å². The molecular formula is C9H8BrNO2. The Labute approximate surface area is 84.2 Å². The minimum absolute atomic E-state index is 0.173. The topological polar surface area (TPSA) is 49.3 Å². The molecule has 1 rings (SSSR count). The van der Waals surface area contributed by atoms with E-state index in [9.17, 15) is 9.90 Å². The lowest BCUT2D eigenvalue weighted by Gasteiger charge is -1.98. The van der Waals surface area contributed by atoms with Crippen molar-refractivity contribution in [3.63, 3.8) is 0 Å². The lowest BCUT2D eigenvalue weighted by molar-refractivity contribution is -0.108. The fourth-order valence-electron chi connectivity index (χ4n) is 0.836. The van der Waals surface area contributed by atoms with Gasteiger partial charge in [-0.1, -0.05) is 15.9 Å². The van der Waals surface area contributed by atoms with Crippen LogP contribution in [0, 0.1) is 0 Å². The number of rotatable bonds is 3. The molecule has 2 N–H and O–H groups in total. The van der Waals surface area contributed by atoms with Crippen molar-refractivity contribution >= 4 is 28.4 Å². The summed E-state index contributed by atoms with van der Waals surface area (Å²) in [5, 5.41) is 11.7. The van der Waals surface area contributed by atoms with E-state index < -0.39 is 0 Å². The molecule has 0 aromatic heterocycles. The predicted molar refractivity (Wildman–Crippen MR) is 54.0 cm³/mol. The van der Waals surface area contributed by atoms with Gasteiger partial charge in [-0.2, -0.15) is 0 Å². The third-order valence-corrected chi connectivity index (χ3v) is 1.91. The van der Waals surface area contributed by atoms with Gasteiger partial charge in [0, 0.05) is 16.2 Å². The zero-order valence-corrected chi connectivity index (χ0v) is 8.28. The molecule has 0 saturated heterocycles. The number of amides is 1. The molecule has 0 unspecified atom stereocenters. The molecule has 0 radical (unpaired) electrons. The van der Waals surface area contributed by atoms with Crippen molar-refractivity contribution in [2.45, 2.75) is 0 Å². The maximum Gasteiger partial charge on any atom is 0.211 e. The van der Waals surface area contributed by atoms with E-state index in [1.54, 1.807) is 24.3 Å². The zero-order valence-electron chi connectivity index (χ0n) is 6.70. The molecule has 3 nitrogen and oxygen atoms in total. The Morgan fingerprint density at radius 3 is 2.92 bits per heavy atom. The molecule has 0 bridgehead atoms. The molecule has 0 heterocycles. The van der Waals surface area contributed by atoms with E-state index >= 15 is 0 Å². The second-order valence-corrected chi connectivity index (χ2v) is 3.24. The first-order valence-corrected chi connectivity index (χ1v) is 4.38. The van der Waals surface area contributed by atoms with Gasteiger partial charge in [0.25, 0.3) is 0 Å². The summed E-state index contributed by atoms with van der Waals surface area (Å²) >= 11 is 3.27. The zero-order chi connectivity index (χ0) is 9.68. The van der Waals surface area contributed by atoms with Gasteiger partial charge in [0.15, 0.2) is 0 Å². The molecule has 0 aliphatic carbocycles. The molecule has 1 aromatic rings. The number of phenolic OH excluding ortho intramolecular Hbond substituents is 1. The maximum absolute atomic E-state index is 9.91. The van der Waals surface area contributed by atoms with Crippen LogP contribution in [0.4, 0.5) is 0 Å². The van der Waals surface area contributed by atoms with Gasteiger partial charge in [-0.25, -0.2) is 0 Å². The van der Waals surface area contributed by atoms with Crippen molar-refractivity contribution < 1.29 is 9.90 Å². The Morgan fingerprint density at radius 1 is 1.46 bits per heavy atom. The molecule has 1 aromatic carbocycles. The van der Waals surface area contributed by atoms with Crippen LogP contribution < -0.4 is 5.32 Å². The second-order valence-electron chi connectivity index (χ2n) is 2.32. The summed E-state index contributed by atoms with van der Waals surface area (Å²) in [6, 6.07) is 5.06. The fraction of sp³-hybridized carbons (Fsp3) is 0. The largest absolute Gasteiger partial charge is 0.507 e. The molecule has 68 valence electrons. The summed E-state index contributed by atoms with van der Waals surface area (Å²) in [6.07, 6.45) is 3.62. The highest BCUT2D eigenvalue weighted by Crippen LogP contribution is 2.22. The standard InChI is InChI=1S/C9H8BrNO2/c10-8-1-2-9(13)7(5-8)3-4-11-6-12/h1-6,13H,(H,11,12)/b4-3+. The number of halogens is 1. The van der Waals surface area contributed by atoms with Crippen molar-refractivity contribution in [3.8, 4) is 5.75 Å². The highest BCUT2D eigenvalue weighted by atomic mass is 79.9. The van der Waals surface area contributed by atoms with Crippen LogP contribution in [0.1, 0.15) is 5.56 Å². The van der Waals surface area contributed by atoms with E-state index in [2.05, 4.69) is 21.2 Å². The summed E-state index contributed by atoms with van der Waals surface area (Å²) in [6.45, 7) is 0. The van der Waals surface area contributed by atoms with Gasteiger partial charge in [-0.05, 0) is 24.3 Å². The molecular weight excluding hydrogens is 234 g/mol. The Hall–Kier alpha value is -1.29. The quantitative estimate of drug-likeness (QED) is 0.795. The van der Waals surface area contributed by atoms with Crippen LogP contribution in [0.2, 0.25) is 0 Å². The predicted octanol–water partition coefficient (Wildman–Crippen LogP) is 1.87. The molecule has 0 spiro atoms. The van der Waals surface area contributed by atoms with E-state index in [-0.39, 0.29) is 5.75 Å². The minimum Gasteiger partial charge on any atom is -0.507 e. The van der Waals surface area contributed by atoms with Gasteiger partial charge in [0.2, 0.25) is 6.41 Å². The van der Waals surface area contributed by atoms with Crippen LogP contribution >= 0.6 is 15.9 Å². The van der Waals surface area contributed by atoms with Gasteiger partial charge in [0.05, 0.1) is 0 Å². The van der Waals surface area contributed by atoms with Crippen LogP contribution in [0.5, 0.6) is 5.75 Å². The molecule has 0 atom stereocenters. The smallest absolute Gasteiger partial charge is 0.211 e. The van der Waals surface area contributed by atoms with Gasteiger partial charge in [-0.15, -0.1) is 0 Å². The van der Waals surface area contributed by atoms with Crippen molar-refractivity contribution in [3.05, 3.63) is 34.4 Å². The molecule has 0 aliphatic rings. The third kappa shape index (κ3) is 2.91. The summed E-state index contributed by atoms with van der Waals surface area (Å²) in [5.41, 5.74) is 0.642. The van der Waals surface area contributed by atoms with Gasteiger partial charge in [-0.3, -0.25) is 4.79 Å². The van der Waals surface area contributed by atoms with Crippen LogP contribution in [0.3, 0.4) is 0 Å². The van der Waals surface area contributed by atoms with Crippen LogP contribution in [0.15, 0.2) is 28.9 Å². The van der Waals surface area contributed by atoms with Crippen molar-refractivity contribution in [1.29, 1.82) is 0 Å². The normalized spacial score (nSPS) is 10.2. The highest BCUT2D eigenvalue weighted by molar-refractivity contribution is 9.10. The fourth-order valence-corrected chi connectivity index (χ4v) is 1.21. The van der Waals surface area contributed by atoms with E-state index in [0.29, 0.717) is 12.0 Å². The number of carbonyl (C=O) groups excluding carboxylic acids is 1. The van der Waals surface area contributed by atoms with Crippen molar-refractivity contribution in [2.75, 3.05) is 0 Å². The van der Waals surface area contributed by atoms with Crippen LogP contribution in [-0.4, -0.2) is 11.5 Å². The monoisotopic (exact) mass is 241 g/mol.